The molecule has 0 radical (unpaired) electrons. The molecule has 392 valence electrons. The summed E-state index contributed by atoms with van der Waals surface area (Å²) < 4.78 is 45.8. The Kier molecular flexibility index (Phi) is 10.8. The van der Waals surface area contributed by atoms with Gasteiger partial charge in [-0.15, -0.1) is 0 Å². The van der Waals surface area contributed by atoms with E-state index in [0.29, 0.717) is 36.4 Å². The van der Waals surface area contributed by atoms with Crippen molar-refractivity contribution in [3.8, 4) is 51.7 Å². The Morgan fingerprint density at radius 1 is 0.573 bits per heavy atom. The van der Waals surface area contributed by atoms with E-state index in [1.165, 1.54) is 0 Å². The number of esters is 5. The summed E-state index contributed by atoms with van der Waals surface area (Å²) in [6, 6.07) is 2.07. The minimum absolute atomic E-state index is 0.367. The number of phenolic OH excluding ortho intramolecular Hbond substituents is 7. The van der Waals surface area contributed by atoms with E-state index in [1.807, 2.05) is 0 Å². The highest BCUT2D eigenvalue weighted by Crippen LogP contribution is 2.63. The predicted octanol–water partition coefficient (Wildman–Crippen LogP) is -1.79. The number of Topliss-reactive ketones (excluding diaryl/α,β-unsaturated/α-hetero) is 2. The van der Waals surface area contributed by atoms with Gasteiger partial charge in [-0.3, -0.25) is 19.2 Å². The van der Waals surface area contributed by atoms with Crippen LogP contribution in [0.2, 0.25) is 0 Å². The number of ether oxygens (including phenoxy) is 8. The molecule has 7 aliphatic rings. The third-order valence-electron chi connectivity index (χ3n) is 13.8. The van der Waals surface area contributed by atoms with Crippen molar-refractivity contribution in [2.45, 2.75) is 92.0 Å². The molecule has 0 spiro atoms. The van der Waals surface area contributed by atoms with Crippen LogP contribution in [0.3, 0.4) is 0 Å². The molecular weight excluding hydrogens is 1010 g/mol. The first-order valence-corrected chi connectivity index (χ1v) is 21.9. The average molecular weight is 1050 g/mol. The van der Waals surface area contributed by atoms with Gasteiger partial charge in [0.15, 0.2) is 75.2 Å². The molecule has 0 saturated carbocycles. The third kappa shape index (κ3) is 6.90. The molecule has 5 heterocycles. The van der Waals surface area contributed by atoms with Crippen molar-refractivity contribution < 1.29 is 137 Å². The fourth-order valence-electron chi connectivity index (χ4n) is 10.4. The van der Waals surface area contributed by atoms with E-state index in [4.69, 9.17) is 37.9 Å². The fourth-order valence-corrected chi connectivity index (χ4v) is 10.4. The van der Waals surface area contributed by atoms with Crippen molar-refractivity contribution in [2.24, 2.45) is 0 Å². The normalized spacial score (nSPS) is 32.1. The molecule has 3 aromatic rings. The lowest BCUT2D eigenvalue weighted by molar-refractivity contribution is -0.287. The molecule has 0 amide bonds. The van der Waals surface area contributed by atoms with E-state index in [9.17, 15) is 99.3 Å². The quantitative estimate of drug-likeness (QED) is 0.0738. The first-order valence-electron chi connectivity index (χ1n) is 21.9. The first kappa shape index (κ1) is 49.7. The second kappa shape index (κ2) is 16.3. The highest BCUT2D eigenvalue weighted by atomic mass is 16.8. The maximum Gasteiger partial charge on any atom is 0.340 e. The van der Waals surface area contributed by atoms with E-state index < -0.39 is 228 Å². The summed E-state index contributed by atoms with van der Waals surface area (Å²) >= 11 is 0. The van der Waals surface area contributed by atoms with Gasteiger partial charge in [0.25, 0.3) is 11.6 Å². The Morgan fingerprint density at radius 3 is 1.47 bits per heavy atom. The minimum atomic E-state index is -3.55. The molecule has 11 atom stereocenters. The smallest absolute Gasteiger partial charge is 0.340 e. The Bertz CT molecular complexity index is 3270. The van der Waals surface area contributed by atoms with E-state index in [0.717, 1.165) is 13.8 Å². The maximum atomic E-state index is 15.0. The topological polar surface area (TPSA) is 450 Å². The molecule has 10 rings (SSSR count). The van der Waals surface area contributed by atoms with Crippen molar-refractivity contribution in [3.63, 3.8) is 0 Å². The lowest BCUT2D eigenvalue weighted by Crippen LogP contribution is -2.67. The Morgan fingerprint density at radius 2 is 1.00 bits per heavy atom. The fraction of sp³-hybridized carbons (Fsp3) is 0.340. The van der Waals surface area contributed by atoms with Crippen LogP contribution in [0.5, 0.6) is 51.7 Å². The zero-order chi connectivity index (χ0) is 54.5. The SMILES string of the molecule is CC(=O)C[C@]1(O)C(=O)C=C2C(=O)OC[C@H]3O[C@@H](OC(=O)c4cc(O)c(O)c(O)c4)[C@@H]4OC(=O)c5cc(O)c(O)c6c5[C@@H]5C(=CC(=O)[C@@](O)(CC(C)=O)[C@]5(O)O6)C(=O)O[C@H]3[C@@H]4OC(=O)c3cc(O)c(O)c4c3[C@H]2[C@@]1(O)O4. The van der Waals surface area contributed by atoms with E-state index >= 15 is 0 Å². The lowest BCUT2D eigenvalue weighted by Gasteiger charge is -2.46. The third-order valence-corrected chi connectivity index (χ3v) is 13.8. The number of ketones is 4. The number of aromatic hydroxyl groups is 7. The number of rotatable bonds is 6. The molecule has 11 N–H and O–H groups in total. The van der Waals surface area contributed by atoms with Crippen LogP contribution in [-0.2, 0) is 57.2 Å². The molecule has 0 aromatic heterocycles. The van der Waals surface area contributed by atoms with E-state index in [1.54, 1.807) is 0 Å². The van der Waals surface area contributed by atoms with Crippen molar-refractivity contribution in [1.29, 1.82) is 0 Å². The van der Waals surface area contributed by atoms with Crippen LogP contribution >= 0.6 is 0 Å². The zero-order valence-electron chi connectivity index (χ0n) is 38.0. The van der Waals surface area contributed by atoms with Crippen LogP contribution < -0.4 is 9.47 Å². The number of benzene rings is 3. The molecule has 4 bridgehead atoms. The van der Waals surface area contributed by atoms with Crippen molar-refractivity contribution in [3.05, 3.63) is 75.4 Å². The first-order chi connectivity index (χ1) is 35.1. The Hall–Kier alpha value is -8.83. The van der Waals surface area contributed by atoms with E-state index in [2.05, 4.69) is 0 Å². The van der Waals surface area contributed by atoms with Crippen LogP contribution in [0.1, 0.15) is 80.7 Å². The van der Waals surface area contributed by atoms with Gasteiger partial charge in [-0.2, -0.15) is 0 Å². The Labute approximate surface area is 415 Å². The van der Waals surface area contributed by atoms with Gasteiger partial charge in [-0.1, -0.05) is 0 Å². The summed E-state index contributed by atoms with van der Waals surface area (Å²) in [5.41, 5.74) is -13.2. The van der Waals surface area contributed by atoms with Crippen LogP contribution in [-0.4, -0.2) is 169 Å². The summed E-state index contributed by atoms with van der Waals surface area (Å²) in [5, 5.41) is 123. The number of cyclic esters (lactones) is 1. The largest absolute Gasteiger partial charge is 0.504 e. The van der Waals surface area contributed by atoms with Gasteiger partial charge in [0.2, 0.25) is 23.9 Å². The van der Waals surface area contributed by atoms with Gasteiger partial charge in [0.1, 0.15) is 24.3 Å². The number of carbonyl (C=O) groups excluding carboxylic acids is 9. The molecule has 75 heavy (non-hydrogen) atoms. The highest BCUT2D eigenvalue weighted by molar-refractivity contribution is 6.11. The number of carbonyl (C=O) groups is 9. The molecule has 3 aromatic carbocycles. The zero-order valence-corrected chi connectivity index (χ0v) is 38.0. The summed E-state index contributed by atoms with van der Waals surface area (Å²) in [7, 11) is 0. The second-order valence-electron chi connectivity index (χ2n) is 18.5. The molecule has 28 heteroatoms. The molecule has 28 nitrogen and oxygen atoms in total. The minimum Gasteiger partial charge on any atom is -0.504 e. The summed E-state index contributed by atoms with van der Waals surface area (Å²) in [6.45, 7) is 0.457. The van der Waals surface area contributed by atoms with Gasteiger partial charge < -0.3 is 94.1 Å². The average Bonchev–Trinajstić information content (AvgIpc) is 3.84. The van der Waals surface area contributed by atoms with Crippen LogP contribution in [0.25, 0.3) is 0 Å². The number of hydrogen-bond donors (Lipinski definition) is 11. The van der Waals surface area contributed by atoms with Crippen LogP contribution in [0.15, 0.2) is 47.6 Å². The Balaban J connectivity index is 1.20. The van der Waals surface area contributed by atoms with Gasteiger partial charge in [0.05, 0.1) is 39.7 Å². The van der Waals surface area contributed by atoms with Crippen LogP contribution in [0, 0.1) is 0 Å². The molecule has 1 fully saturated rings. The molecule has 5 aliphatic heterocycles. The second-order valence-corrected chi connectivity index (χ2v) is 18.5. The van der Waals surface area contributed by atoms with Gasteiger partial charge in [-0.25, -0.2) is 24.0 Å². The van der Waals surface area contributed by atoms with Gasteiger partial charge in [0, 0.05) is 24.0 Å². The molecule has 1 saturated heterocycles. The van der Waals surface area contributed by atoms with Crippen molar-refractivity contribution >= 4 is 53.0 Å². The number of hydrogen-bond acceptors (Lipinski definition) is 28. The number of aliphatic hydroxyl groups is 4. The predicted molar refractivity (Wildman–Crippen MR) is 228 cm³/mol. The maximum absolute atomic E-state index is 15.0. The molecule has 2 aliphatic carbocycles. The summed E-state index contributed by atoms with van der Waals surface area (Å²) in [4.78, 5) is 126. The highest BCUT2D eigenvalue weighted by Gasteiger charge is 2.72. The molecule has 0 unspecified atom stereocenters. The molecular formula is C47H36O28. The van der Waals surface area contributed by atoms with Crippen LogP contribution in [0.4, 0.5) is 0 Å². The lowest BCUT2D eigenvalue weighted by atomic mass is 9.67. The monoisotopic (exact) mass is 1050 g/mol. The van der Waals surface area contributed by atoms with Crippen molar-refractivity contribution in [2.75, 3.05) is 6.61 Å². The van der Waals surface area contributed by atoms with Gasteiger partial charge in [-0.05, 0) is 50.3 Å². The van der Waals surface area contributed by atoms with Crippen molar-refractivity contribution in [1.82, 2.24) is 0 Å². The summed E-state index contributed by atoms with van der Waals surface area (Å²) in [5.74, 6) is -36.0. The standard InChI is InChI=1S/C47H36O28/c1-12(48)9-44(64)24(54)7-17-28-26-15(5-21(52)31(57)34(26)74-46(28,44)66)40(61)71-36-33-23(11-68-39(17)60)69-43(73-38(59)14-3-19(50)30(56)20(51)4-14)37(36)72-41(62)16-6-22(53)32(58)35-27(16)29-18(42(63)70-33)8-25(55)45(65,10-13(2)49)47(29,67)75-35/h3-8,23,28-29,33,36-37,43,50-53,56-58,64-67H,9-11H2,1-2H3/t23-,28+,29+,33-,36+,37-,43+,44+,45+,46-,47-/m1/s1. The van der Waals surface area contributed by atoms with E-state index in [-0.39, 0.29) is 0 Å². The summed E-state index contributed by atoms with van der Waals surface area (Å²) in [6.07, 6.45) is -14.1. The number of phenols is 7. The van der Waals surface area contributed by atoms with Gasteiger partial charge >= 0.3 is 29.8 Å².